The van der Waals surface area contributed by atoms with Gasteiger partial charge >= 0.3 is 6.16 Å². The summed E-state index contributed by atoms with van der Waals surface area (Å²) in [6.07, 6.45) is 2.56. The highest BCUT2D eigenvalue weighted by Crippen LogP contribution is 2.59. The molecule has 4 rings (SSSR count). The molecule has 0 aromatic heterocycles. The number of carbonyl (C=O) groups is 1. The third-order valence-corrected chi connectivity index (χ3v) is 6.73. The summed E-state index contributed by atoms with van der Waals surface area (Å²) >= 11 is 0. The number of hydrogen-bond donors (Lipinski definition) is 0. The van der Waals surface area contributed by atoms with Crippen molar-refractivity contribution in [1.29, 1.82) is 0 Å². The number of ether oxygens (including phenoxy) is 5. The monoisotopic (exact) mass is 447 g/mol. The molecular weight excluding hydrogens is 418 g/mol. The van der Waals surface area contributed by atoms with E-state index >= 15 is 0 Å². The van der Waals surface area contributed by atoms with Crippen LogP contribution in [0.3, 0.4) is 0 Å². The lowest BCUT2D eigenvalue weighted by atomic mass is 9.68. The van der Waals surface area contributed by atoms with E-state index in [2.05, 4.69) is 26.8 Å². The van der Waals surface area contributed by atoms with Gasteiger partial charge in [0.25, 0.3) is 5.69 Å². The van der Waals surface area contributed by atoms with Crippen LogP contribution in [0.15, 0.2) is 35.9 Å². The molecule has 3 fully saturated rings. The predicted molar refractivity (Wildman–Crippen MR) is 114 cm³/mol. The molecule has 1 aromatic carbocycles. The van der Waals surface area contributed by atoms with Crippen molar-refractivity contribution in [2.75, 3.05) is 13.7 Å². The summed E-state index contributed by atoms with van der Waals surface area (Å²) in [4.78, 5) is 22.7. The molecule has 1 saturated carbocycles. The normalized spacial score (nSPS) is 35.1. The molecule has 32 heavy (non-hydrogen) atoms. The first kappa shape index (κ1) is 22.7. The van der Waals surface area contributed by atoms with Crippen LogP contribution in [0.25, 0.3) is 0 Å². The Balaban J connectivity index is 1.44. The fraction of sp³-hybridized carbons (Fsp3) is 0.609. The van der Waals surface area contributed by atoms with Crippen molar-refractivity contribution in [3.63, 3.8) is 0 Å². The molecule has 1 aromatic rings. The second-order valence-electron chi connectivity index (χ2n) is 9.14. The molecule has 6 atom stereocenters. The fourth-order valence-electron chi connectivity index (χ4n) is 4.95. The largest absolute Gasteiger partial charge is 0.514 e. The Bertz CT molecular complexity index is 905. The topological polar surface area (TPSA) is 113 Å². The number of carbonyl (C=O) groups excluding carboxylic acids is 1. The zero-order chi connectivity index (χ0) is 23.1. The average molecular weight is 447 g/mol. The van der Waals surface area contributed by atoms with Crippen molar-refractivity contribution in [2.24, 2.45) is 5.92 Å². The van der Waals surface area contributed by atoms with Gasteiger partial charge in [-0.25, -0.2) is 4.79 Å². The lowest BCUT2D eigenvalue weighted by Gasteiger charge is -2.42. The van der Waals surface area contributed by atoms with Crippen LogP contribution in [0.1, 0.15) is 40.0 Å². The molecule has 1 unspecified atom stereocenters. The number of methoxy groups -OCH3 is 1. The number of rotatable bonds is 7. The highest BCUT2D eigenvalue weighted by molar-refractivity contribution is 5.64. The van der Waals surface area contributed by atoms with Crippen LogP contribution in [-0.4, -0.2) is 54.3 Å². The molecule has 9 heteroatoms. The first-order valence-electron chi connectivity index (χ1n) is 10.8. The van der Waals surface area contributed by atoms with Crippen LogP contribution in [0.4, 0.5) is 10.5 Å². The lowest BCUT2D eigenvalue weighted by Crippen LogP contribution is -2.55. The zero-order valence-electron chi connectivity index (χ0n) is 18.7. The molecule has 174 valence electrons. The zero-order valence-corrected chi connectivity index (χ0v) is 18.7. The summed E-state index contributed by atoms with van der Waals surface area (Å²) in [6, 6.07) is 5.25. The van der Waals surface area contributed by atoms with Gasteiger partial charge in [-0.1, -0.05) is 11.6 Å². The second kappa shape index (κ2) is 8.46. The number of allylic oxidation sites excluding steroid dienone is 1. The quantitative estimate of drug-likeness (QED) is 0.153. The molecule has 0 bridgehead atoms. The fourth-order valence-corrected chi connectivity index (χ4v) is 4.95. The van der Waals surface area contributed by atoms with Crippen molar-refractivity contribution in [1.82, 2.24) is 0 Å². The second-order valence-corrected chi connectivity index (χ2v) is 9.14. The Morgan fingerprint density at radius 1 is 1.31 bits per heavy atom. The number of epoxide rings is 2. The highest BCUT2D eigenvalue weighted by atomic mass is 16.7. The summed E-state index contributed by atoms with van der Waals surface area (Å²) in [7, 11) is 1.61. The highest BCUT2D eigenvalue weighted by Gasteiger charge is 2.72. The van der Waals surface area contributed by atoms with Crippen molar-refractivity contribution < 1.29 is 33.4 Å². The lowest BCUT2D eigenvalue weighted by molar-refractivity contribution is -0.384. The van der Waals surface area contributed by atoms with Crippen LogP contribution >= 0.6 is 0 Å². The number of hydrogen-bond acceptors (Lipinski definition) is 8. The minimum atomic E-state index is -0.875. The van der Waals surface area contributed by atoms with Gasteiger partial charge in [0.15, 0.2) is 0 Å². The van der Waals surface area contributed by atoms with Crippen molar-refractivity contribution >= 4 is 11.8 Å². The molecule has 9 nitrogen and oxygen atoms in total. The standard InChI is InChI=1S/C23H29NO8/c1-14(2)5-10-18-22(3,32-18)20-19(28-4)17(11-12-23(20)13-29-23)31-21(25)30-16-8-6-15(7-9-16)24(26)27/h5-9,17-20H,10-13H2,1-4H3/t17-,18-,19-,20-,22?,23+/m1/s1. The van der Waals surface area contributed by atoms with E-state index < -0.39 is 28.9 Å². The number of nitro benzene ring substituents is 1. The van der Waals surface area contributed by atoms with E-state index in [1.807, 2.05) is 0 Å². The van der Waals surface area contributed by atoms with E-state index in [4.69, 9.17) is 23.7 Å². The van der Waals surface area contributed by atoms with Crippen molar-refractivity contribution in [3.8, 4) is 5.75 Å². The Morgan fingerprint density at radius 3 is 2.56 bits per heavy atom. The number of nitrogens with zero attached hydrogens (tertiary/aromatic N) is 1. The molecule has 0 N–H and O–H groups in total. The molecular formula is C23H29NO8. The van der Waals surface area contributed by atoms with Gasteiger partial charge in [0.1, 0.15) is 29.2 Å². The minimum Gasteiger partial charge on any atom is -0.428 e. The molecule has 1 spiro atoms. The van der Waals surface area contributed by atoms with Gasteiger partial charge in [-0.05, 0) is 52.2 Å². The smallest absolute Gasteiger partial charge is 0.428 e. The number of non-ortho nitro benzene ring substituents is 1. The molecule has 1 aliphatic carbocycles. The minimum absolute atomic E-state index is 0.0620. The molecule has 0 radical (unpaired) electrons. The van der Waals surface area contributed by atoms with E-state index in [1.54, 1.807) is 7.11 Å². The van der Waals surface area contributed by atoms with E-state index in [1.165, 1.54) is 29.8 Å². The Labute approximate surface area is 186 Å². The van der Waals surface area contributed by atoms with Gasteiger partial charge in [-0.2, -0.15) is 0 Å². The van der Waals surface area contributed by atoms with Crippen LogP contribution in [0.2, 0.25) is 0 Å². The third kappa shape index (κ3) is 4.37. The summed E-state index contributed by atoms with van der Waals surface area (Å²) < 4.78 is 28.8. The van der Waals surface area contributed by atoms with E-state index in [0.29, 0.717) is 13.0 Å². The molecule has 2 saturated heterocycles. The van der Waals surface area contributed by atoms with Crippen LogP contribution < -0.4 is 4.74 Å². The van der Waals surface area contributed by atoms with Crippen LogP contribution in [-0.2, 0) is 18.9 Å². The number of nitro groups is 1. The summed E-state index contributed by atoms with van der Waals surface area (Å²) in [5.41, 5.74) is 0.419. The van der Waals surface area contributed by atoms with Gasteiger partial charge in [0, 0.05) is 19.2 Å². The first-order valence-corrected chi connectivity index (χ1v) is 10.8. The maximum Gasteiger partial charge on any atom is 0.514 e. The Morgan fingerprint density at radius 2 is 2.00 bits per heavy atom. The van der Waals surface area contributed by atoms with Gasteiger partial charge in [0.05, 0.1) is 23.6 Å². The number of benzene rings is 1. The summed E-state index contributed by atoms with van der Waals surface area (Å²) in [5.74, 6) is 0.0877. The molecule has 2 heterocycles. The molecule has 2 aliphatic heterocycles. The third-order valence-electron chi connectivity index (χ3n) is 6.73. The summed E-state index contributed by atoms with van der Waals surface area (Å²) in [6.45, 7) is 6.84. The van der Waals surface area contributed by atoms with E-state index in [9.17, 15) is 14.9 Å². The van der Waals surface area contributed by atoms with Crippen LogP contribution in [0.5, 0.6) is 5.75 Å². The van der Waals surface area contributed by atoms with E-state index in [-0.39, 0.29) is 29.1 Å². The Kier molecular flexibility index (Phi) is 6.00. The first-order chi connectivity index (χ1) is 15.2. The van der Waals surface area contributed by atoms with E-state index in [0.717, 1.165) is 12.8 Å². The van der Waals surface area contributed by atoms with Gasteiger partial charge in [0.2, 0.25) is 0 Å². The average Bonchev–Trinajstić information content (AvgIpc) is 3.65. The maximum absolute atomic E-state index is 12.4. The van der Waals surface area contributed by atoms with Gasteiger partial charge < -0.3 is 23.7 Å². The predicted octanol–water partition coefficient (Wildman–Crippen LogP) is 4.19. The molecule has 3 aliphatic rings. The van der Waals surface area contributed by atoms with Gasteiger partial charge in [-0.3, -0.25) is 10.1 Å². The van der Waals surface area contributed by atoms with Gasteiger partial charge in [-0.15, -0.1) is 0 Å². The van der Waals surface area contributed by atoms with Crippen LogP contribution in [0, 0.1) is 16.0 Å². The SMILES string of the molecule is CO[C@H]1[C@H](C2(C)O[C@@H]2CC=C(C)C)[C@]2(CC[C@H]1OC(=O)Oc1ccc([N+](=O)[O-])cc1)CO2. The maximum atomic E-state index is 12.4. The summed E-state index contributed by atoms with van der Waals surface area (Å²) in [5, 5.41) is 10.8. The Hall–Kier alpha value is -2.49. The van der Waals surface area contributed by atoms with Crippen molar-refractivity contribution in [2.45, 2.75) is 69.5 Å². The molecule has 0 amide bonds. The van der Waals surface area contributed by atoms with Crippen molar-refractivity contribution in [3.05, 3.63) is 46.0 Å².